The first kappa shape index (κ1) is 10.2. The fourth-order valence-corrected chi connectivity index (χ4v) is 1.81. The minimum atomic E-state index is 0.780. The van der Waals surface area contributed by atoms with Crippen molar-refractivity contribution in [3.05, 3.63) is 30.1 Å². The zero-order valence-electron chi connectivity index (χ0n) is 8.83. The van der Waals surface area contributed by atoms with E-state index in [1.807, 2.05) is 12.4 Å². The van der Waals surface area contributed by atoms with Crippen LogP contribution in [0.1, 0.15) is 32.8 Å². The third-order valence-electron chi connectivity index (χ3n) is 2.21. The average molecular weight is 177 g/mol. The lowest BCUT2D eigenvalue weighted by molar-refractivity contribution is 0.437. The van der Waals surface area contributed by atoms with Crippen molar-refractivity contribution < 1.29 is 0 Å². The molecule has 0 bridgehead atoms. The van der Waals surface area contributed by atoms with Crippen molar-refractivity contribution in [2.75, 3.05) is 0 Å². The summed E-state index contributed by atoms with van der Waals surface area (Å²) in [6, 6.07) is 4.22. The van der Waals surface area contributed by atoms with Gasteiger partial charge in [-0.3, -0.25) is 4.98 Å². The van der Waals surface area contributed by atoms with Crippen LogP contribution in [0.5, 0.6) is 0 Å². The maximum Gasteiger partial charge on any atom is 0.0270 e. The van der Waals surface area contributed by atoms with Gasteiger partial charge in [-0.15, -0.1) is 0 Å². The second-order valence-corrected chi connectivity index (χ2v) is 4.29. The predicted molar refractivity (Wildman–Crippen MR) is 56.6 cm³/mol. The second-order valence-electron chi connectivity index (χ2n) is 4.29. The van der Waals surface area contributed by atoms with Crippen molar-refractivity contribution >= 4 is 0 Å². The molecule has 0 aliphatic rings. The lowest BCUT2D eigenvalue weighted by atomic mass is 9.93. The predicted octanol–water partition coefficient (Wildman–Crippen LogP) is 3.31. The summed E-state index contributed by atoms with van der Waals surface area (Å²) >= 11 is 0. The van der Waals surface area contributed by atoms with Gasteiger partial charge in [-0.25, -0.2) is 0 Å². The van der Waals surface area contributed by atoms with Gasteiger partial charge in [0.25, 0.3) is 0 Å². The monoisotopic (exact) mass is 177 g/mol. The number of pyridine rings is 1. The van der Waals surface area contributed by atoms with E-state index in [0.29, 0.717) is 0 Å². The Morgan fingerprint density at radius 3 is 2.31 bits per heavy atom. The molecule has 0 aliphatic heterocycles. The molecule has 0 aliphatic carbocycles. The van der Waals surface area contributed by atoms with Crippen LogP contribution >= 0.6 is 0 Å². The minimum Gasteiger partial charge on any atom is -0.265 e. The van der Waals surface area contributed by atoms with Crippen LogP contribution in [0, 0.1) is 11.8 Å². The zero-order valence-corrected chi connectivity index (χ0v) is 8.83. The van der Waals surface area contributed by atoms with Gasteiger partial charge >= 0.3 is 0 Å². The smallest absolute Gasteiger partial charge is 0.0270 e. The first-order valence-electron chi connectivity index (χ1n) is 5.07. The molecule has 0 saturated carbocycles. The van der Waals surface area contributed by atoms with Gasteiger partial charge in [-0.05, 0) is 42.4 Å². The van der Waals surface area contributed by atoms with Crippen LogP contribution in [-0.4, -0.2) is 4.98 Å². The standard InChI is InChI=1S/C12H19N/c1-10(2)8-11(3)9-12-4-6-13-7-5-12/h4-7,10-11H,8-9H2,1-3H3/t11-/m1/s1. The molecule has 1 nitrogen and oxygen atoms in total. The van der Waals surface area contributed by atoms with Gasteiger partial charge in [-0.2, -0.15) is 0 Å². The Balaban J connectivity index is 2.41. The van der Waals surface area contributed by atoms with Crippen LogP contribution < -0.4 is 0 Å². The topological polar surface area (TPSA) is 12.9 Å². The maximum absolute atomic E-state index is 4.01. The maximum atomic E-state index is 4.01. The molecule has 1 aromatic heterocycles. The largest absolute Gasteiger partial charge is 0.265 e. The number of hydrogen-bond acceptors (Lipinski definition) is 1. The second kappa shape index (κ2) is 5.00. The average Bonchev–Trinajstić information content (AvgIpc) is 2.04. The number of aromatic nitrogens is 1. The van der Waals surface area contributed by atoms with Gasteiger partial charge in [0.1, 0.15) is 0 Å². The van der Waals surface area contributed by atoms with E-state index in [-0.39, 0.29) is 0 Å². The van der Waals surface area contributed by atoms with Crippen LogP contribution in [0.3, 0.4) is 0 Å². The molecule has 0 saturated heterocycles. The van der Waals surface area contributed by atoms with Crippen molar-refractivity contribution in [1.82, 2.24) is 4.98 Å². The molecular weight excluding hydrogens is 158 g/mol. The van der Waals surface area contributed by atoms with E-state index >= 15 is 0 Å². The van der Waals surface area contributed by atoms with Crippen LogP contribution in [0.2, 0.25) is 0 Å². The lowest BCUT2D eigenvalue weighted by Crippen LogP contribution is -2.03. The summed E-state index contributed by atoms with van der Waals surface area (Å²) < 4.78 is 0. The molecule has 1 heteroatoms. The van der Waals surface area contributed by atoms with E-state index in [0.717, 1.165) is 11.8 Å². The number of rotatable bonds is 4. The first-order valence-corrected chi connectivity index (χ1v) is 5.07. The molecule has 1 rings (SSSR count). The molecule has 0 unspecified atom stereocenters. The summed E-state index contributed by atoms with van der Waals surface area (Å²) in [5, 5.41) is 0. The highest BCUT2D eigenvalue weighted by Crippen LogP contribution is 2.15. The molecule has 1 heterocycles. The molecule has 0 fully saturated rings. The van der Waals surface area contributed by atoms with Gasteiger partial charge < -0.3 is 0 Å². The third-order valence-corrected chi connectivity index (χ3v) is 2.21. The van der Waals surface area contributed by atoms with Crippen molar-refractivity contribution in [3.8, 4) is 0 Å². The highest BCUT2D eigenvalue weighted by Gasteiger charge is 2.05. The third kappa shape index (κ3) is 4.07. The summed E-state index contributed by atoms with van der Waals surface area (Å²) in [5.74, 6) is 1.58. The SMILES string of the molecule is CC(C)C[C@@H](C)Cc1ccncc1. The summed E-state index contributed by atoms with van der Waals surface area (Å²) in [4.78, 5) is 4.01. The first-order chi connectivity index (χ1) is 6.18. The van der Waals surface area contributed by atoms with E-state index in [4.69, 9.17) is 0 Å². The Kier molecular flexibility index (Phi) is 3.94. The molecule has 13 heavy (non-hydrogen) atoms. The molecular formula is C12H19N. The summed E-state index contributed by atoms with van der Waals surface area (Å²) in [6.07, 6.45) is 6.23. The fourth-order valence-electron chi connectivity index (χ4n) is 1.81. The van der Waals surface area contributed by atoms with Gasteiger partial charge in [-0.1, -0.05) is 20.8 Å². The molecule has 0 amide bonds. The molecule has 0 N–H and O–H groups in total. The van der Waals surface area contributed by atoms with Crippen molar-refractivity contribution in [2.24, 2.45) is 11.8 Å². The zero-order chi connectivity index (χ0) is 9.68. The van der Waals surface area contributed by atoms with Crippen LogP contribution in [0.25, 0.3) is 0 Å². The van der Waals surface area contributed by atoms with E-state index in [9.17, 15) is 0 Å². The molecule has 0 radical (unpaired) electrons. The highest BCUT2D eigenvalue weighted by atomic mass is 14.6. The number of nitrogens with zero attached hydrogens (tertiary/aromatic N) is 1. The Morgan fingerprint density at radius 2 is 1.77 bits per heavy atom. The molecule has 0 aromatic carbocycles. The van der Waals surface area contributed by atoms with E-state index < -0.39 is 0 Å². The van der Waals surface area contributed by atoms with Gasteiger partial charge in [0.15, 0.2) is 0 Å². The Morgan fingerprint density at radius 1 is 1.15 bits per heavy atom. The van der Waals surface area contributed by atoms with Crippen molar-refractivity contribution in [2.45, 2.75) is 33.6 Å². The molecule has 72 valence electrons. The van der Waals surface area contributed by atoms with Crippen LogP contribution in [0.15, 0.2) is 24.5 Å². The minimum absolute atomic E-state index is 0.780. The molecule has 1 aromatic rings. The Labute approximate surface area is 81.2 Å². The van der Waals surface area contributed by atoms with Gasteiger partial charge in [0.05, 0.1) is 0 Å². The lowest BCUT2D eigenvalue weighted by Gasteiger charge is -2.13. The molecule has 0 spiro atoms. The Hall–Kier alpha value is -0.850. The van der Waals surface area contributed by atoms with Crippen molar-refractivity contribution in [1.29, 1.82) is 0 Å². The van der Waals surface area contributed by atoms with Gasteiger partial charge in [0, 0.05) is 12.4 Å². The molecule has 1 atom stereocenters. The van der Waals surface area contributed by atoms with Crippen LogP contribution in [0.4, 0.5) is 0 Å². The van der Waals surface area contributed by atoms with Crippen molar-refractivity contribution in [3.63, 3.8) is 0 Å². The number of hydrogen-bond donors (Lipinski definition) is 0. The quantitative estimate of drug-likeness (QED) is 0.687. The van der Waals surface area contributed by atoms with Gasteiger partial charge in [0.2, 0.25) is 0 Å². The fraction of sp³-hybridized carbons (Fsp3) is 0.583. The van der Waals surface area contributed by atoms with E-state index in [1.165, 1.54) is 18.4 Å². The van der Waals surface area contributed by atoms with Crippen LogP contribution in [-0.2, 0) is 6.42 Å². The Bertz CT molecular complexity index is 228. The summed E-state index contributed by atoms with van der Waals surface area (Å²) in [5.41, 5.74) is 1.41. The normalized spacial score (nSPS) is 13.2. The summed E-state index contributed by atoms with van der Waals surface area (Å²) in [6.45, 7) is 6.88. The summed E-state index contributed by atoms with van der Waals surface area (Å²) in [7, 11) is 0. The van der Waals surface area contributed by atoms with E-state index in [2.05, 4.69) is 37.9 Å². The van der Waals surface area contributed by atoms with E-state index in [1.54, 1.807) is 0 Å². The highest BCUT2D eigenvalue weighted by molar-refractivity contribution is 5.10.